The van der Waals surface area contributed by atoms with Gasteiger partial charge in [0.05, 0.1) is 14.2 Å². The van der Waals surface area contributed by atoms with E-state index in [1.54, 1.807) is 38.5 Å². The van der Waals surface area contributed by atoms with Gasteiger partial charge in [-0.25, -0.2) is 4.79 Å². The van der Waals surface area contributed by atoms with Crippen molar-refractivity contribution in [2.45, 2.75) is 13.5 Å². The highest BCUT2D eigenvalue weighted by atomic mass is 16.5. The van der Waals surface area contributed by atoms with Gasteiger partial charge in [0.2, 0.25) is 0 Å². The van der Waals surface area contributed by atoms with E-state index in [1.165, 1.54) is 0 Å². The summed E-state index contributed by atoms with van der Waals surface area (Å²) in [5, 5.41) is 2.69. The standard InChI is InChI=1S/C17H19NO4/c1-12-5-4-6-14(9-12)18-17(19)22-11-13-10-15(20-2)7-8-16(13)21-3/h4-10H,11H2,1-3H3,(H,18,19). The first kappa shape index (κ1) is 15.7. The molecule has 2 aromatic carbocycles. The van der Waals surface area contributed by atoms with Gasteiger partial charge in [-0.1, -0.05) is 12.1 Å². The maximum atomic E-state index is 11.8. The Kier molecular flexibility index (Phi) is 5.25. The number of rotatable bonds is 5. The smallest absolute Gasteiger partial charge is 0.411 e. The maximum absolute atomic E-state index is 11.8. The number of benzene rings is 2. The summed E-state index contributed by atoms with van der Waals surface area (Å²) < 4.78 is 15.6. The molecule has 1 amide bonds. The Bertz CT molecular complexity index is 655. The van der Waals surface area contributed by atoms with Crippen LogP contribution in [-0.4, -0.2) is 20.3 Å². The van der Waals surface area contributed by atoms with Crippen LogP contribution in [0, 0.1) is 6.92 Å². The lowest BCUT2D eigenvalue weighted by Gasteiger charge is -2.11. The molecule has 5 nitrogen and oxygen atoms in total. The van der Waals surface area contributed by atoms with E-state index in [2.05, 4.69) is 5.32 Å². The lowest BCUT2D eigenvalue weighted by atomic mass is 10.2. The topological polar surface area (TPSA) is 56.8 Å². The normalized spacial score (nSPS) is 9.95. The number of anilines is 1. The summed E-state index contributed by atoms with van der Waals surface area (Å²) in [7, 11) is 3.15. The van der Waals surface area contributed by atoms with E-state index in [4.69, 9.17) is 14.2 Å². The van der Waals surface area contributed by atoms with E-state index in [1.807, 2.05) is 25.1 Å². The Hall–Kier alpha value is -2.69. The van der Waals surface area contributed by atoms with Crippen LogP contribution < -0.4 is 14.8 Å². The Morgan fingerprint density at radius 3 is 2.59 bits per heavy atom. The number of amides is 1. The summed E-state index contributed by atoms with van der Waals surface area (Å²) in [4.78, 5) is 11.8. The molecule has 0 unspecified atom stereocenters. The molecule has 0 spiro atoms. The molecule has 116 valence electrons. The fourth-order valence-electron chi connectivity index (χ4n) is 2.01. The van der Waals surface area contributed by atoms with Crippen LogP contribution in [0.4, 0.5) is 10.5 Å². The first-order valence-corrected chi connectivity index (χ1v) is 6.83. The molecule has 0 fully saturated rings. The van der Waals surface area contributed by atoms with Gasteiger partial charge >= 0.3 is 6.09 Å². The number of nitrogens with one attached hydrogen (secondary N) is 1. The van der Waals surface area contributed by atoms with E-state index in [-0.39, 0.29) is 6.61 Å². The van der Waals surface area contributed by atoms with Crippen LogP contribution >= 0.6 is 0 Å². The van der Waals surface area contributed by atoms with Crippen molar-refractivity contribution in [2.75, 3.05) is 19.5 Å². The lowest BCUT2D eigenvalue weighted by molar-refractivity contribution is 0.154. The molecule has 0 aliphatic rings. The average Bonchev–Trinajstić information content (AvgIpc) is 2.52. The van der Waals surface area contributed by atoms with Gasteiger partial charge in [0.15, 0.2) is 0 Å². The van der Waals surface area contributed by atoms with E-state index >= 15 is 0 Å². The Morgan fingerprint density at radius 1 is 1.09 bits per heavy atom. The lowest BCUT2D eigenvalue weighted by Crippen LogP contribution is -2.13. The van der Waals surface area contributed by atoms with Gasteiger partial charge in [0, 0.05) is 11.3 Å². The molecule has 0 aliphatic heterocycles. The molecule has 0 atom stereocenters. The third-order valence-electron chi connectivity index (χ3n) is 3.11. The third kappa shape index (κ3) is 4.15. The molecule has 0 heterocycles. The highest BCUT2D eigenvalue weighted by Crippen LogP contribution is 2.24. The second kappa shape index (κ2) is 7.36. The Morgan fingerprint density at radius 2 is 1.91 bits per heavy atom. The SMILES string of the molecule is COc1ccc(OC)c(COC(=O)Nc2cccc(C)c2)c1. The van der Waals surface area contributed by atoms with Crippen LogP contribution in [-0.2, 0) is 11.3 Å². The first-order chi connectivity index (χ1) is 10.6. The van der Waals surface area contributed by atoms with Crippen LogP contribution in [0.25, 0.3) is 0 Å². The molecule has 0 aliphatic carbocycles. The van der Waals surface area contributed by atoms with Crippen molar-refractivity contribution in [1.82, 2.24) is 0 Å². The molecular weight excluding hydrogens is 282 g/mol. The van der Waals surface area contributed by atoms with Crippen molar-refractivity contribution in [3.8, 4) is 11.5 Å². The van der Waals surface area contributed by atoms with Gasteiger partial charge in [0.25, 0.3) is 0 Å². The number of hydrogen-bond acceptors (Lipinski definition) is 4. The van der Waals surface area contributed by atoms with Crippen molar-refractivity contribution < 1.29 is 19.0 Å². The minimum atomic E-state index is -0.518. The van der Waals surface area contributed by atoms with Gasteiger partial charge in [-0.3, -0.25) is 5.32 Å². The van der Waals surface area contributed by atoms with Crippen LogP contribution in [0.15, 0.2) is 42.5 Å². The second-order valence-electron chi connectivity index (χ2n) is 4.75. The summed E-state index contributed by atoms with van der Waals surface area (Å²) >= 11 is 0. The summed E-state index contributed by atoms with van der Waals surface area (Å²) in [6.07, 6.45) is -0.518. The molecule has 2 rings (SSSR count). The maximum Gasteiger partial charge on any atom is 0.411 e. The molecule has 0 saturated heterocycles. The van der Waals surface area contributed by atoms with E-state index in [0.717, 1.165) is 11.1 Å². The summed E-state index contributed by atoms with van der Waals surface area (Å²) in [6.45, 7) is 2.05. The third-order valence-corrected chi connectivity index (χ3v) is 3.11. The van der Waals surface area contributed by atoms with Gasteiger partial charge < -0.3 is 14.2 Å². The molecule has 5 heteroatoms. The fraction of sp³-hybridized carbons (Fsp3) is 0.235. The van der Waals surface area contributed by atoms with Gasteiger partial charge in [0.1, 0.15) is 18.1 Å². The van der Waals surface area contributed by atoms with E-state index in [0.29, 0.717) is 17.2 Å². The van der Waals surface area contributed by atoms with E-state index < -0.39 is 6.09 Å². The predicted molar refractivity (Wildman–Crippen MR) is 84.5 cm³/mol. The number of ether oxygens (including phenoxy) is 3. The highest BCUT2D eigenvalue weighted by Gasteiger charge is 2.09. The number of methoxy groups -OCH3 is 2. The molecule has 0 radical (unpaired) electrons. The van der Waals surface area contributed by atoms with Crippen LogP contribution in [0.2, 0.25) is 0 Å². The fourth-order valence-corrected chi connectivity index (χ4v) is 2.01. The quantitative estimate of drug-likeness (QED) is 0.913. The number of carbonyl (C=O) groups is 1. The number of carbonyl (C=O) groups excluding carboxylic acids is 1. The molecule has 0 aromatic heterocycles. The zero-order valence-corrected chi connectivity index (χ0v) is 12.9. The van der Waals surface area contributed by atoms with Crippen molar-refractivity contribution in [1.29, 1.82) is 0 Å². The van der Waals surface area contributed by atoms with Crippen molar-refractivity contribution >= 4 is 11.8 Å². The summed E-state index contributed by atoms with van der Waals surface area (Å²) in [6, 6.07) is 12.8. The Labute approximate surface area is 129 Å². The number of aryl methyl sites for hydroxylation is 1. The minimum absolute atomic E-state index is 0.0953. The van der Waals surface area contributed by atoms with Gasteiger partial charge in [-0.15, -0.1) is 0 Å². The highest BCUT2D eigenvalue weighted by molar-refractivity contribution is 5.84. The summed E-state index contributed by atoms with van der Waals surface area (Å²) in [5.74, 6) is 1.32. The first-order valence-electron chi connectivity index (χ1n) is 6.83. The Balaban J connectivity index is 1.98. The molecule has 1 N–H and O–H groups in total. The van der Waals surface area contributed by atoms with Crippen molar-refractivity contribution in [3.63, 3.8) is 0 Å². The minimum Gasteiger partial charge on any atom is -0.497 e. The zero-order valence-electron chi connectivity index (χ0n) is 12.9. The largest absolute Gasteiger partial charge is 0.497 e. The summed E-state index contributed by atoms with van der Waals surface area (Å²) in [5.41, 5.74) is 2.50. The molecular formula is C17H19NO4. The van der Waals surface area contributed by atoms with Crippen LogP contribution in [0.3, 0.4) is 0 Å². The van der Waals surface area contributed by atoms with Crippen LogP contribution in [0.1, 0.15) is 11.1 Å². The predicted octanol–water partition coefficient (Wildman–Crippen LogP) is 3.76. The van der Waals surface area contributed by atoms with Gasteiger partial charge in [-0.2, -0.15) is 0 Å². The van der Waals surface area contributed by atoms with Crippen LogP contribution in [0.5, 0.6) is 11.5 Å². The van der Waals surface area contributed by atoms with Crippen molar-refractivity contribution in [3.05, 3.63) is 53.6 Å². The number of hydrogen-bond donors (Lipinski definition) is 1. The molecule has 0 bridgehead atoms. The second-order valence-corrected chi connectivity index (χ2v) is 4.75. The van der Waals surface area contributed by atoms with E-state index in [9.17, 15) is 4.79 Å². The molecule has 2 aromatic rings. The molecule has 0 saturated carbocycles. The average molecular weight is 301 g/mol. The van der Waals surface area contributed by atoms with Crippen molar-refractivity contribution in [2.24, 2.45) is 0 Å². The van der Waals surface area contributed by atoms with Gasteiger partial charge in [-0.05, 0) is 42.8 Å². The monoisotopic (exact) mass is 301 g/mol. The zero-order chi connectivity index (χ0) is 15.9. The molecule has 22 heavy (non-hydrogen) atoms.